The van der Waals surface area contributed by atoms with E-state index in [-0.39, 0.29) is 0 Å². The monoisotopic (exact) mass is 145 g/mol. The van der Waals surface area contributed by atoms with Crippen LogP contribution >= 0.6 is 0 Å². The molecule has 1 unspecified atom stereocenters. The molecular weight excluding hydrogens is 130 g/mol. The van der Waals surface area contributed by atoms with Crippen molar-refractivity contribution in [2.24, 2.45) is 5.73 Å². The van der Waals surface area contributed by atoms with Crippen LogP contribution in [-0.2, 0) is 0 Å². The number of hydrogen-bond acceptors (Lipinski definition) is 3. The second-order valence-corrected chi connectivity index (χ2v) is 3.33. The van der Waals surface area contributed by atoms with Crippen LogP contribution in [0.15, 0.2) is 0 Å². The summed E-state index contributed by atoms with van der Waals surface area (Å²) in [6.45, 7) is 1.70. The summed E-state index contributed by atoms with van der Waals surface area (Å²) in [5.74, 6) is 0. The third-order valence-electron chi connectivity index (χ3n) is 2.39. The number of nitrogens with two attached hydrogens (primary N) is 1. The van der Waals surface area contributed by atoms with Crippen LogP contribution in [0, 0.1) is 0 Å². The average molecular weight is 145 g/mol. The summed E-state index contributed by atoms with van der Waals surface area (Å²) < 4.78 is 0. The second-order valence-electron chi connectivity index (χ2n) is 3.33. The molecule has 0 bridgehead atoms. The van der Waals surface area contributed by atoms with Gasteiger partial charge in [-0.05, 0) is 26.2 Å². The predicted molar refractivity (Wildman–Crippen MR) is 38.5 cm³/mol. The summed E-state index contributed by atoms with van der Waals surface area (Å²) >= 11 is 0. The van der Waals surface area contributed by atoms with E-state index in [4.69, 9.17) is 5.73 Å². The fourth-order valence-corrected chi connectivity index (χ4v) is 1.35. The van der Waals surface area contributed by atoms with E-state index in [0.717, 1.165) is 6.42 Å². The maximum absolute atomic E-state index is 9.32. The van der Waals surface area contributed by atoms with Crippen molar-refractivity contribution in [2.45, 2.75) is 43.9 Å². The van der Waals surface area contributed by atoms with Gasteiger partial charge in [0, 0.05) is 0 Å². The molecule has 4 N–H and O–H groups in total. The Morgan fingerprint density at radius 3 is 2.00 bits per heavy atom. The maximum Gasteiger partial charge on any atom is 0.0742 e. The molecule has 1 saturated carbocycles. The predicted octanol–water partition coefficient (Wildman–Crippen LogP) is -0.391. The van der Waals surface area contributed by atoms with E-state index in [1.54, 1.807) is 6.92 Å². The summed E-state index contributed by atoms with van der Waals surface area (Å²) in [5, 5.41) is 18.6. The van der Waals surface area contributed by atoms with Crippen molar-refractivity contribution >= 4 is 0 Å². The van der Waals surface area contributed by atoms with Crippen molar-refractivity contribution in [3.8, 4) is 0 Å². The van der Waals surface area contributed by atoms with Gasteiger partial charge in [-0.2, -0.15) is 0 Å². The quantitative estimate of drug-likeness (QED) is 0.435. The lowest BCUT2D eigenvalue weighted by Crippen LogP contribution is -2.59. The Balaban J connectivity index is 2.63. The van der Waals surface area contributed by atoms with Gasteiger partial charge in [0.25, 0.3) is 0 Å². The molecule has 10 heavy (non-hydrogen) atoms. The second kappa shape index (κ2) is 2.49. The van der Waals surface area contributed by atoms with E-state index in [1.807, 2.05) is 0 Å². The Bertz CT molecular complexity index is 113. The van der Waals surface area contributed by atoms with Gasteiger partial charge in [-0.15, -0.1) is 0 Å². The Labute approximate surface area is 60.9 Å². The molecule has 1 aliphatic rings. The van der Waals surface area contributed by atoms with Crippen LogP contribution in [0.5, 0.6) is 0 Å². The Morgan fingerprint density at radius 2 is 1.70 bits per heavy atom. The molecule has 0 aromatic carbocycles. The lowest BCUT2D eigenvalue weighted by atomic mass is 9.79. The zero-order valence-electron chi connectivity index (χ0n) is 6.25. The molecule has 0 saturated heterocycles. The Morgan fingerprint density at radius 1 is 1.30 bits per heavy atom. The number of hydrogen-bond donors (Lipinski definition) is 3. The van der Waals surface area contributed by atoms with E-state index in [0.29, 0.717) is 12.8 Å². The fraction of sp³-hybridized carbons (Fsp3) is 1.00. The van der Waals surface area contributed by atoms with Crippen molar-refractivity contribution in [1.82, 2.24) is 0 Å². The summed E-state index contributed by atoms with van der Waals surface area (Å²) in [7, 11) is 0. The number of aliphatic hydroxyl groups excluding tert-OH is 2. The number of rotatable bonds is 0. The highest BCUT2D eigenvalue weighted by molar-refractivity contribution is 4.96. The average Bonchev–Trinajstić information content (AvgIpc) is 1.84. The van der Waals surface area contributed by atoms with E-state index >= 15 is 0 Å². The van der Waals surface area contributed by atoms with E-state index in [9.17, 15) is 10.2 Å². The van der Waals surface area contributed by atoms with Gasteiger partial charge in [-0.1, -0.05) is 0 Å². The minimum Gasteiger partial charge on any atom is -0.391 e. The first-order valence-corrected chi connectivity index (χ1v) is 3.70. The van der Waals surface area contributed by atoms with Gasteiger partial charge < -0.3 is 15.9 Å². The first-order chi connectivity index (χ1) is 4.55. The fourth-order valence-electron chi connectivity index (χ4n) is 1.35. The van der Waals surface area contributed by atoms with E-state index in [1.165, 1.54) is 0 Å². The van der Waals surface area contributed by atoms with Crippen molar-refractivity contribution in [1.29, 1.82) is 0 Å². The van der Waals surface area contributed by atoms with Crippen molar-refractivity contribution in [2.75, 3.05) is 0 Å². The largest absolute Gasteiger partial charge is 0.391 e. The lowest BCUT2D eigenvalue weighted by molar-refractivity contribution is -0.0345. The van der Waals surface area contributed by atoms with Crippen LogP contribution in [0.2, 0.25) is 0 Å². The van der Waals surface area contributed by atoms with E-state index in [2.05, 4.69) is 0 Å². The van der Waals surface area contributed by atoms with Gasteiger partial charge in [-0.3, -0.25) is 0 Å². The van der Waals surface area contributed by atoms with Crippen molar-refractivity contribution < 1.29 is 10.2 Å². The highest BCUT2D eigenvalue weighted by Crippen LogP contribution is 2.25. The minimum atomic E-state index is -0.793. The standard InChI is InChI=1S/C7H15NO2/c1-7(8)5(9)3-2-4-6(7)10/h5-6,9-10H,2-4,8H2,1H3/t5-,6+,7?. The summed E-state index contributed by atoms with van der Waals surface area (Å²) in [6.07, 6.45) is 1.20. The van der Waals surface area contributed by atoms with Crippen molar-refractivity contribution in [3.63, 3.8) is 0 Å². The van der Waals surface area contributed by atoms with Crippen LogP contribution in [0.1, 0.15) is 26.2 Å². The lowest BCUT2D eigenvalue weighted by Gasteiger charge is -2.39. The van der Waals surface area contributed by atoms with Gasteiger partial charge in [0.15, 0.2) is 0 Å². The summed E-state index contributed by atoms with van der Waals surface area (Å²) in [4.78, 5) is 0. The molecule has 0 aromatic heterocycles. The highest BCUT2D eigenvalue weighted by Gasteiger charge is 2.38. The molecule has 0 spiro atoms. The molecule has 0 radical (unpaired) electrons. The molecule has 1 fully saturated rings. The van der Waals surface area contributed by atoms with Gasteiger partial charge >= 0.3 is 0 Å². The van der Waals surface area contributed by atoms with Crippen LogP contribution in [0.3, 0.4) is 0 Å². The third kappa shape index (κ3) is 1.17. The van der Waals surface area contributed by atoms with Crippen molar-refractivity contribution in [3.05, 3.63) is 0 Å². The summed E-state index contributed by atoms with van der Waals surface area (Å²) in [5.41, 5.74) is 4.87. The van der Waals surface area contributed by atoms with Gasteiger partial charge in [0.1, 0.15) is 0 Å². The van der Waals surface area contributed by atoms with Crippen LogP contribution < -0.4 is 5.73 Å². The molecule has 1 rings (SSSR count). The smallest absolute Gasteiger partial charge is 0.0742 e. The minimum absolute atomic E-state index is 0.545. The van der Waals surface area contributed by atoms with Gasteiger partial charge in [-0.25, -0.2) is 0 Å². The maximum atomic E-state index is 9.32. The molecule has 3 atom stereocenters. The van der Waals surface area contributed by atoms with Gasteiger partial charge in [0.05, 0.1) is 17.7 Å². The summed E-state index contributed by atoms with van der Waals surface area (Å²) in [6, 6.07) is 0. The topological polar surface area (TPSA) is 66.5 Å². The molecule has 0 amide bonds. The Kier molecular flexibility index (Phi) is 1.99. The third-order valence-corrected chi connectivity index (χ3v) is 2.39. The molecule has 3 heteroatoms. The SMILES string of the molecule is CC1(N)[C@H](O)CCC[C@@H]1O. The van der Waals surface area contributed by atoms with Crippen LogP contribution in [0.25, 0.3) is 0 Å². The molecule has 3 nitrogen and oxygen atoms in total. The zero-order chi connectivity index (χ0) is 7.78. The van der Waals surface area contributed by atoms with Crippen LogP contribution in [0.4, 0.5) is 0 Å². The molecule has 0 aliphatic heterocycles. The number of aliphatic hydroxyl groups is 2. The molecule has 0 aromatic rings. The van der Waals surface area contributed by atoms with E-state index < -0.39 is 17.7 Å². The normalized spacial score (nSPS) is 49.2. The molecule has 0 heterocycles. The Hall–Kier alpha value is -0.120. The first-order valence-electron chi connectivity index (χ1n) is 3.70. The first kappa shape index (κ1) is 7.98. The van der Waals surface area contributed by atoms with Gasteiger partial charge in [0.2, 0.25) is 0 Å². The zero-order valence-corrected chi connectivity index (χ0v) is 6.25. The highest BCUT2D eigenvalue weighted by atomic mass is 16.3. The molecule has 60 valence electrons. The van der Waals surface area contributed by atoms with Crippen LogP contribution in [-0.4, -0.2) is 28.0 Å². The molecule has 1 aliphatic carbocycles. The molecular formula is C7H15NO2.